The minimum atomic E-state index is -3.64. The van der Waals surface area contributed by atoms with E-state index in [0.29, 0.717) is 24.8 Å². The Hall–Kier alpha value is -1.19. The van der Waals surface area contributed by atoms with Crippen LogP contribution < -0.4 is 16.2 Å². The van der Waals surface area contributed by atoms with Gasteiger partial charge in [0.2, 0.25) is 15.9 Å². The lowest BCUT2D eigenvalue weighted by molar-refractivity contribution is -0.118. The molecule has 3 atom stereocenters. The van der Waals surface area contributed by atoms with E-state index >= 15 is 0 Å². The lowest BCUT2D eigenvalue weighted by Gasteiger charge is -2.26. The maximum Gasteiger partial charge on any atom is 0.244 e. The molecule has 0 bridgehead atoms. The van der Waals surface area contributed by atoms with Gasteiger partial charge in [-0.1, -0.05) is 24.4 Å². The second-order valence-electron chi connectivity index (χ2n) is 7.57. The summed E-state index contributed by atoms with van der Waals surface area (Å²) < 4.78 is 27.1. The van der Waals surface area contributed by atoms with Crippen LogP contribution in [0.1, 0.15) is 38.5 Å². The Labute approximate surface area is 164 Å². The number of sulfonamides is 1. The fraction of sp³-hybridized carbons (Fsp3) is 0.611. The molecule has 0 spiro atoms. The zero-order valence-electron chi connectivity index (χ0n) is 15.1. The van der Waals surface area contributed by atoms with E-state index in [1.807, 2.05) is 0 Å². The highest BCUT2D eigenvalue weighted by atomic mass is 35.5. The number of benzene rings is 1. The van der Waals surface area contributed by atoms with Crippen LogP contribution in [0.2, 0.25) is 5.02 Å². The number of halogens is 1. The van der Waals surface area contributed by atoms with E-state index in [1.165, 1.54) is 22.9 Å². The number of anilines is 1. The molecule has 1 aliphatic carbocycles. The molecule has 1 amide bonds. The van der Waals surface area contributed by atoms with Crippen LogP contribution in [0.4, 0.5) is 5.69 Å². The number of nitrogens with zero attached hydrogens (tertiary/aromatic N) is 1. The number of carbonyl (C=O) groups excluding carboxylic acids is 1. The Balaban J connectivity index is 1.52. The standard InChI is InChI=1S/C18H25ClN4O3S/c19-14-8-7-12(11-16(14)27(25,26)23-9-3-4-10-23)20-18(24)17-13-5-1-2-6-15(13)21-22-17/h7-8,11,13,15,17,21-22H,1-6,9-10H2,(H,20,24). The Morgan fingerprint density at radius 3 is 2.63 bits per heavy atom. The fourth-order valence-corrected chi connectivity index (χ4v) is 6.39. The highest BCUT2D eigenvalue weighted by Crippen LogP contribution is 2.32. The number of amides is 1. The molecular weight excluding hydrogens is 388 g/mol. The molecule has 27 heavy (non-hydrogen) atoms. The van der Waals surface area contributed by atoms with Crippen molar-refractivity contribution in [1.29, 1.82) is 0 Å². The van der Waals surface area contributed by atoms with Crippen molar-refractivity contribution in [2.45, 2.75) is 55.5 Å². The number of nitrogens with one attached hydrogen (secondary N) is 3. The van der Waals surface area contributed by atoms with Gasteiger partial charge in [-0.05, 0) is 43.9 Å². The van der Waals surface area contributed by atoms with Crippen LogP contribution in [0, 0.1) is 5.92 Å². The van der Waals surface area contributed by atoms with Gasteiger partial charge in [0.05, 0.1) is 5.02 Å². The first-order valence-corrected chi connectivity index (χ1v) is 11.4. The quantitative estimate of drug-likeness (QED) is 0.704. The third-order valence-electron chi connectivity index (χ3n) is 5.84. The van der Waals surface area contributed by atoms with E-state index in [0.717, 1.165) is 32.1 Å². The Morgan fingerprint density at radius 1 is 1.11 bits per heavy atom. The molecule has 148 valence electrons. The summed E-state index contributed by atoms with van der Waals surface area (Å²) in [5.41, 5.74) is 6.78. The van der Waals surface area contributed by atoms with Gasteiger partial charge in [0.15, 0.2) is 0 Å². The summed E-state index contributed by atoms with van der Waals surface area (Å²) >= 11 is 6.17. The summed E-state index contributed by atoms with van der Waals surface area (Å²) in [5, 5.41) is 3.04. The van der Waals surface area contributed by atoms with Crippen molar-refractivity contribution in [3.63, 3.8) is 0 Å². The molecule has 3 fully saturated rings. The van der Waals surface area contributed by atoms with Gasteiger partial charge >= 0.3 is 0 Å². The summed E-state index contributed by atoms with van der Waals surface area (Å²) in [6.07, 6.45) is 6.11. The minimum absolute atomic E-state index is 0.0527. The van der Waals surface area contributed by atoms with Crippen LogP contribution in [0.25, 0.3) is 0 Å². The van der Waals surface area contributed by atoms with Crippen LogP contribution in [0.3, 0.4) is 0 Å². The maximum atomic E-state index is 12.8. The molecule has 1 saturated carbocycles. The van der Waals surface area contributed by atoms with Crippen LogP contribution in [0.15, 0.2) is 23.1 Å². The summed E-state index contributed by atoms with van der Waals surface area (Å²) in [7, 11) is -3.64. The number of fused-ring (bicyclic) bond motifs is 1. The van der Waals surface area contributed by atoms with Crippen LogP contribution in [0.5, 0.6) is 0 Å². The second kappa shape index (κ2) is 7.67. The number of hydrogen-bond donors (Lipinski definition) is 3. The van der Waals surface area contributed by atoms with E-state index in [1.54, 1.807) is 6.07 Å². The molecule has 3 aliphatic rings. The first-order chi connectivity index (χ1) is 13.0. The SMILES string of the molecule is O=C(Nc1ccc(Cl)c(S(=O)(=O)N2CCCC2)c1)C1NNC2CCCCC21. The van der Waals surface area contributed by atoms with Crippen molar-refractivity contribution >= 4 is 33.2 Å². The monoisotopic (exact) mass is 412 g/mol. The van der Waals surface area contributed by atoms with Crippen LogP contribution in [-0.4, -0.2) is 43.8 Å². The normalized spacial score (nSPS) is 28.9. The van der Waals surface area contributed by atoms with Gasteiger partial charge in [0.25, 0.3) is 0 Å². The van der Waals surface area contributed by atoms with Crippen molar-refractivity contribution in [3.8, 4) is 0 Å². The van der Waals surface area contributed by atoms with Gasteiger partial charge in [0, 0.05) is 30.7 Å². The summed E-state index contributed by atoms with van der Waals surface area (Å²) in [5.74, 6) is 0.114. The topological polar surface area (TPSA) is 90.5 Å². The molecule has 3 unspecified atom stereocenters. The predicted octanol–water partition coefficient (Wildman–Crippen LogP) is 2.10. The second-order valence-corrected chi connectivity index (χ2v) is 9.88. The van der Waals surface area contributed by atoms with Crippen molar-refractivity contribution in [1.82, 2.24) is 15.2 Å². The maximum absolute atomic E-state index is 12.8. The van der Waals surface area contributed by atoms with Crippen LogP contribution >= 0.6 is 11.6 Å². The van der Waals surface area contributed by atoms with Crippen molar-refractivity contribution in [2.24, 2.45) is 5.92 Å². The number of rotatable bonds is 4. The molecule has 2 heterocycles. The fourth-order valence-electron chi connectivity index (χ4n) is 4.37. The smallest absolute Gasteiger partial charge is 0.244 e. The van der Waals surface area contributed by atoms with Gasteiger partial charge in [0.1, 0.15) is 10.9 Å². The molecule has 4 rings (SSSR count). The van der Waals surface area contributed by atoms with E-state index in [-0.39, 0.29) is 27.8 Å². The molecule has 2 aliphatic heterocycles. The first-order valence-electron chi connectivity index (χ1n) is 9.58. The Morgan fingerprint density at radius 2 is 1.85 bits per heavy atom. The average molecular weight is 413 g/mol. The van der Waals surface area contributed by atoms with E-state index in [9.17, 15) is 13.2 Å². The minimum Gasteiger partial charge on any atom is -0.325 e. The Bertz CT molecular complexity index is 826. The highest BCUT2D eigenvalue weighted by Gasteiger charge is 2.41. The number of hydrogen-bond acceptors (Lipinski definition) is 5. The van der Waals surface area contributed by atoms with Gasteiger partial charge in [-0.15, -0.1) is 0 Å². The molecule has 0 aromatic heterocycles. The summed E-state index contributed by atoms with van der Waals surface area (Å²) in [6.45, 7) is 1.02. The molecule has 7 nitrogen and oxygen atoms in total. The number of carbonyl (C=O) groups is 1. The largest absolute Gasteiger partial charge is 0.325 e. The molecule has 0 radical (unpaired) electrons. The third-order valence-corrected chi connectivity index (χ3v) is 8.22. The predicted molar refractivity (Wildman–Crippen MR) is 104 cm³/mol. The molecule has 9 heteroatoms. The van der Waals surface area contributed by atoms with Crippen molar-refractivity contribution in [2.75, 3.05) is 18.4 Å². The van der Waals surface area contributed by atoms with E-state index in [4.69, 9.17) is 11.6 Å². The average Bonchev–Trinajstić information content (AvgIpc) is 3.33. The number of hydrazine groups is 1. The van der Waals surface area contributed by atoms with Gasteiger partial charge < -0.3 is 5.32 Å². The van der Waals surface area contributed by atoms with Crippen LogP contribution in [-0.2, 0) is 14.8 Å². The van der Waals surface area contributed by atoms with Gasteiger partial charge in [-0.2, -0.15) is 4.31 Å². The molecule has 3 N–H and O–H groups in total. The lowest BCUT2D eigenvalue weighted by Crippen LogP contribution is -2.42. The summed E-state index contributed by atoms with van der Waals surface area (Å²) in [6, 6.07) is 4.65. The zero-order chi connectivity index (χ0) is 19.0. The lowest BCUT2D eigenvalue weighted by atomic mass is 9.81. The third kappa shape index (κ3) is 3.73. The van der Waals surface area contributed by atoms with Gasteiger partial charge in [-0.25, -0.2) is 13.8 Å². The van der Waals surface area contributed by atoms with E-state index in [2.05, 4.69) is 16.2 Å². The molecular formula is C18H25ClN4O3S. The Kier molecular flexibility index (Phi) is 5.44. The van der Waals surface area contributed by atoms with Gasteiger partial charge in [-0.3, -0.25) is 10.2 Å². The molecule has 2 saturated heterocycles. The van der Waals surface area contributed by atoms with E-state index < -0.39 is 10.0 Å². The highest BCUT2D eigenvalue weighted by molar-refractivity contribution is 7.89. The molecule has 1 aromatic carbocycles. The summed E-state index contributed by atoms with van der Waals surface area (Å²) in [4.78, 5) is 12.8. The van der Waals surface area contributed by atoms with Crippen molar-refractivity contribution < 1.29 is 13.2 Å². The van der Waals surface area contributed by atoms with Crippen molar-refractivity contribution in [3.05, 3.63) is 23.2 Å². The molecule has 1 aromatic rings. The first kappa shape index (κ1) is 19.1. The zero-order valence-corrected chi connectivity index (χ0v) is 16.7.